The van der Waals surface area contributed by atoms with Crippen LogP contribution >= 0.6 is 0 Å². The monoisotopic (exact) mass is 521 g/mol. The number of benzene rings is 5. The zero-order chi connectivity index (χ0) is 28.0. The Morgan fingerprint density at radius 2 is 1.17 bits per heavy atom. The summed E-state index contributed by atoms with van der Waals surface area (Å²) >= 11 is 0. The molecule has 0 bridgehead atoms. The fourth-order valence-corrected chi connectivity index (χ4v) is 6.58. The number of hydrogen-bond acceptors (Lipinski definition) is 3. The Hall–Kier alpha value is -4.64. The number of furan rings is 1. The second-order valence-corrected chi connectivity index (χ2v) is 11.2. The quantitative estimate of drug-likeness (QED) is 0.291. The van der Waals surface area contributed by atoms with Crippen molar-refractivity contribution in [1.29, 1.82) is 0 Å². The largest absolute Gasteiger partial charge is 0.436 e. The maximum Gasteiger partial charge on any atom is 0.247 e. The Morgan fingerprint density at radius 1 is 0.561 bits per heavy atom. The molecule has 9 heteroatoms. The smallest absolute Gasteiger partial charge is 0.247 e. The number of fused-ring (bicyclic) bond motifs is 7. The molecule has 0 radical (unpaired) electrons. The average molecular weight is 521 g/mol. The highest BCUT2D eigenvalue weighted by atomic mass is 16.3. The molecule has 0 amide bonds. The van der Waals surface area contributed by atoms with Crippen molar-refractivity contribution in [2.24, 2.45) is 0 Å². The van der Waals surface area contributed by atoms with Crippen LogP contribution in [0.3, 0.4) is 0 Å². The minimum Gasteiger partial charge on any atom is -0.436 e. The van der Waals surface area contributed by atoms with Gasteiger partial charge in [0.15, 0.2) is 5.82 Å². The molecule has 0 saturated carbocycles. The standard InChI is InChI=1S/C32H24B5N3O/c33-24-23(25(34)27(36)28(37)26(24)35)30-31(38-29-18-10-4-6-12-22(18)41-32(29)39-30)40-20-11-5-3-9-17(20)19-13-15-7-1-2-8-16(15)14-21(19)40/h1-14H,33-37H2. The second kappa shape index (κ2) is 8.68. The lowest BCUT2D eigenvalue weighted by atomic mass is 9.60. The Bertz CT molecular complexity index is 2360. The van der Waals surface area contributed by atoms with E-state index in [1.807, 2.05) is 18.2 Å². The van der Waals surface area contributed by atoms with Crippen molar-refractivity contribution in [2.75, 3.05) is 0 Å². The summed E-state index contributed by atoms with van der Waals surface area (Å²) in [5.41, 5.74) is 12.7. The minimum atomic E-state index is 0.561. The van der Waals surface area contributed by atoms with E-state index in [4.69, 9.17) is 14.4 Å². The van der Waals surface area contributed by atoms with Gasteiger partial charge in [-0.3, -0.25) is 4.57 Å². The van der Waals surface area contributed by atoms with E-state index in [1.165, 1.54) is 48.9 Å². The van der Waals surface area contributed by atoms with Crippen molar-refractivity contribution < 1.29 is 4.42 Å². The van der Waals surface area contributed by atoms with Crippen molar-refractivity contribution in [1.82, 2.24) is 14.5 Å². The summed E-state index contributed by atoms with van der Waals surface area (Å²) in [7, 11) is 11.0. The maximum atomic E-state index is 6.30. The number of rotatable bonds is 2. The first kappa shape index (κ1) is 24.2. The van der Waals surface area contributed by atoms with Gasteiger partial charge >= 0.3 is 0 Å². The van der Waals surface area contributed by atoms with E-state index in [1.54, 1.807) is 0 Å². The van der Waals surface area contributed by atoms with Gasteiger partial charge in [0.25, 0.3) is 0 Å². The molecule has 5 aromatic carbocycles. The Balaban J connectivity index is 1.60. The van der Waals surface area contributed by atoms with Crippen LogP contribution in [0, 0.1) is 0 Å². The van der Waals surface area contributed by atoms with Crippen LogP contribution in [-0.4, -0.2) is 53.8 Å². The lowest BCUT2D eigenvalue weighted by Crippen LogP contribution is -2.55. The molecule has 0 atom stereocenters. The average Bonchev–Trinajstić information content (AvgIpc) is 3.52. The van der Waals surface area contributed by atoms with Crippen LogP contribution in [0.25, 0.3) is 71.9 Å². The molecular weight excluding hydrogens is 496 g/mol. The molecule has 188 valence electrons. The van der Waals surface area contributed by atoms with Crippen LogP contribution in [0.15, 0.2) is 89.3 Å². The number of nitrogens with zero attached hydrogens (tertiary/aromatic N) is 3. The van der Waals surface area contributed by atoms with Gasteiger partial charge in [0, 0.05) is 16.2 Å². The van der Waals surface area contributed by atoms with Gasteiger partial charge in [0.1, 0.15) is 56.0 Å². The summed E-state index contributed by atoms with van der Waals surface area (Å²) in [6.07, 6.45) is 0. The second-order valence-electron chi connectivity index (χ2n) is 11.2. The van der Waals surface area contributed by atoms with Crippen LogP contribution in [0.1, 0.15) is 0 Å². The molecule has 41 heavy (non-hydrogen) atoms. The normalized spacial score (nSPS) is 11.9. The summed E-state index contributed by atoms with van der Waals surface area (Å²) in [6, 6.07) is 29.8. The highest BCUT2D eigenvalue weighted by Crippen LogP contribution is 2.38. The summed E-state index contributed by atoms with van der Waals surface area (Å²) in [5, 5.41) is 5.79. The lowest BCUT2D eigenvalue weighted by molar-refractivity contribution is 0.653. The molecular formula is C32H24B5N3O. The van der Waals surface area contributed by atoms with Gasteiger partial charge in [-0.2, -0.15) is 0 Å². The van der Waals surface area contributed by atoms with Crippen molar-refractivity contribution >= 4 is 121 Å². The maximum absolute atomic E-state index is 6.30. The molecule has 0 spiro atoms. The molecule has 0 aliphatic carbocycles. The molecule has 3 heterocycles. The molecule has 4 nitrogen and oxygen atoms in total. The fraction of sp³-hybridized carbons (Fsp3) is 0. The fourth-order valence-electron chi connectivity index (χ4n) is 6.58. The van der Waals surface area contributed by atoms with E-state index in [0.717, 1.165) is 44.6 Å². The van der Waals surface area contributed by atoms with Crippen molar-refractivity contribution in [3.8, 4) is 17.1 Å². The van der Waals surface area contributed by atoms with Gasteiger partial charge in [0.2, 0.25) is 5.71 Å². The molecule has 0 unspecified atom stereocenters. The predicted molar refractivity (Wildman–Crippen MR) is 187 cm³/mol. The molecule has 8 rings (SSSR count). The van der Waals surface area contributed by atoms with Crippen LogP contribution in [0.5, 0.6) is 0 Å². The van der Waals surface area contributed by atoms with Gasteiger partial charge in [-0.25, -0.2) is 9.97 Å². The third kappa shape index (κ3) is 3.35. The lowest BCUT2D eigenvalue weighted by Gasteiger charge is -2.21. The highest BCUT2D eigenvalue weighted by molar-refractivity contribution is 6.68. The van der Waals surface area contributed by atoms with Gasteiger partial charge in [-0.1, -0.05) is 65.5 Å². The third-order valence-corrected chi connectivity index (χ3v) is 9.18. The number of para-hydroxylation sites is 2. The Labute approximate surface area is 241 Å². The van der Waals surface area contributed by atoms with Gasteiger partial charge in [-0.15, -0.1) is 16.4 Å². The summed E-state index contributed by atoms with van der Waals surface area (Å²) in [4.78, 5) is 10.7. The summed E-state index contributed by atoms with van der Waals surface area (Å²) in [6.45, 7) is 0. The summed E-state index contributed by atoms with van der Waals surface area (Å²) < 4.78 is 8.61. The molecule has 8 aromatic rings. The van der Waals surface area contributed by atoms with Crippen LogP contribution in [0.2, 0.25) is 0 Å². The summed E-state index contributed by atoms with van der Waals surface area (Å²) in [5.74, 6) is 0.819. The molecule has 0 N–H and O–H groups in total. The molecule has 3 aromatic heterocycles. The van der Waals surface area contributed by atoms with E-state index in [-0.39, 0.29) is 0 Å². The van der Waals surface area contributed by atoms with E-state index in [2.05, 4.69) is 111 Å². The predicted octanol–water partition coefficient (Wildman–Crippen LogP) is -0.415. The first-order chi connectivity index (χ1) is 19.9. The zero-order valence-corrected chi connectivity index (χ0v) is 23.8. The van der Waals surface area contributed by atoms with Gasteiger partial charge in [-0.05, 0) is 46.7 Å². The first-order valence-electron chi connectivity index (χ1n) is 14.1. The van der Waals surface area contributed by atoms with Gasteiger partial charge in [0.05, 0.1) is 11.0 Å². The minimum absolute atomic E-state index is 0.561. The van der Waals surface area contributed by atoms with Crippen LogP contribution in [-0.2, 0) is 0 Å². The topological polar surface area (TPSA) is 43.9 Å². The zero-order valence-electron chi connectivity index (χ0n) is 23.8. The highest BCUT2D eigenvalue weighted by Gasteiger charge is 2.24. The van der Waals surface area contributed by atoms with E-state index in [9.17, 15) is 0 Å². The Morgan fingerprint density at radius 3 is 1.93 bits per heavy atom. The van der Waals surface area contributed by atoms with E-state index >= 15 is 0 Å². The van der Waals surface area contributed by atoms with E-state index in [0.29, 0.717) is 5.71 Å². The van der Waals surface area contributed by atoms with Crippen molar-refractivity contribution in [3.05, 3.63) is 84.9 Å². The molecule has 0 saturated heterocycles. The molecule has 0 aliphatic heterocycles. The first-order valence-corrected chi connectivity index (χ1v) is 14.1. The molecule has 0 aliphatic rings. The number of aromatic nitrogens is 3. The van der Waals surface area contributed by atoms with Crippen LogP contribution in [0.4, 0.5) is 0 Å². The van der Waals surface area contributed by atoms with Crippen LogP contribution < -0.4 is 27.3 Å². The van der Waals surface area contributed by atoms with E-state index < -0.39 is 0 Å². The SMILES string of the molecule is Bc1c(B)c(B)c(-c2nc3oc4ccccc4c3nc2-n2c3ccccc3c3cc4ccccc4cc32)c(B)c1B. The Kier molecular flexibility index (Phi) is 5.12. The van der Waals surface area contributed by atoms with Gasteiger partial charge < -0.3 is 4.42 Å². The number of hydrogen-bond donors (Lipinski definition) is 0. The van der Waals surface area contributed by atoms with Crippen molar-refractivity contribution in [3.63, 3.8) is 0 Å². The van der Waals surface area contributed by atoms with Crippen molar-refractivity contribution in [2.45, 2.75) is 0 Å². The molecule has 0 fully saturated rings. The third-order valence-electron chi connectivity index (χ3n) is 9.18.